The molecule has 0 aliphatic rings. The lowest BCUT2D eigenvalue weighted by Crippen LogP contribution is -2.23. The Morgan fingerprint density at radius 1 is 0.966 bits per heavy atom. The van der Waals surface area contributed by atoms with Crippen LogP contribution in [0.2, 0.25) is 0 Å². The zero-order valence-corrected chi connectivity index (χ0v) is 16.9. The first-order valence-electron chi connectivity index (χ1n) is 9.34. The monoisotopic (exact) mass is 391 g/mol. The molecule has 2 N–H and O–H groups in total. The molecule has 0 atom stereocenters. The molecule has 2 aromatic carbocycles. The Hall–Kier alpha value is -3.54. The van der Waals surface area contributed by atoms with Crippen LogP contribution in [0.15, 0.2) is 60.8 Å². The lowest BCUT2D eigenvalue weighted by molar-refractivity contribution is 0.0951. The van der Waals surface area contributed by atoms with Gasteiger partial charge in [-0.25, -0.2) is 4.98 Å². The minimum Gasteiger partial charge on any atom is -0.493 e. The van der Waals surface area contributed by atoms with Gasteiger partial charge in [0.05, 0.1) is 14.2 Å². The van der Waals surface area contributed by atoms with Crippen molar-refractivity contribution in [1.82, 2.24) is 10.3 Å². The number of amides is 1. The van der Waals surface area contributed by atoms with Crippen molar-refractivity contribution in [3.8, 4) is 11.5 Å². The summed E-state index contributed by atoms with van der Waals surface area (Å²) in [6.45, 7) is 3.06. The van der Waals surface area contributed by atoms with Crippen molar-refractivity contribution in [3.05, 3.63) is 83.0 Å². The van der Waals surface area contributed by atoms with Gasteiger partial charge in [-0.2, -0.15) is 0 Å². The minimum atomic E-state index is -0.134. The third kappa shape index (κ3) is 5.25. The van der Waals surface area contributed by atoms with Crippen LogP contribution in [0.5, 0.6) is 11.5 Å². The third-order valence-corrected chi connectivity index (χ3v) is 4.64. The predicted octanol–water partition coefficient (Wildman–Crippen LogP) is 3.95. The van der Waals surface area contributed by atoms with Gasteiger partial charge in [-0.05, 0) is 47.9 Å². The Kier molecular flexibility index (Phi) is 6.68. The van der Waals surface area contributed by atoms with Crippen molar-refractivity contribution in [2.45, 2.75) is 20.0 Å². The number of hydrogen-bond donors (Lipinski definition) is 2. The summed E-state index contributed by atoms with van der Waals surface area (Å²) in [4.78, 5) is 16.8. The van der Waals surface area contributed by atoms with Crippen molar-refractivity contribution < 1.29 is 14.3 Å². The van der Waals surface area contributed by atoms with E-state index in [4.69, 9.17) is 9.47 Å². The Labute approximate surface area is 170 Å². The van der Waals surface area contributed by atoms with Crippen LogP contribution in [0.4, 0.5) is 5.82 Å². The van der Waals surface area contributed by atoms with Gasteiger partial charge >= 0.3 is 0 Å². The fourth-order valence-corrected chi connectivity index (χ4v) is 2.94. The van der Waals surface area contributed by atoms with E-state index in [0.717, 1.165) is 16.7 Å². The summed E-state index contributed by atoms with van der Waals surface area (Å²) in [6, 6.07) is 17.2. The zero-order valence-electron chi connectivity index (χ0n) is 16.9. The molecule has 6 nitrogen and oxygen atoms in total. The largest absolute Gasteiger partial charge is 0.493 e. The van der Waals surface area contributed by atoms with Gasteiger partial charge in [0, 0.05) is 24.8 Å². The van der Waals surface area contributed by atoms with E-state index in [-0.39, 0.29) is 5.91 Å². The third-order valence-electron chi connectivity index (χ3n) is 4.64. The van der Waals surface area contributed by atoms with Crippen molar-refractivity contribution in [2.24, 2.45) is 0 Å². The van der Waals surface area contributed by atoms with E-state index in [2.05, 4.69) is 15.6 Å². The molecule has 0 aliphatic heterocycles. The molecule has 1 heterocycles. The zero-order chi connectivity index (χ0) is 20.6. The van der Waals surface area contributed by atoms with Gasteiger partial charge in [0.2, 0.25) is 0 Å². The van der Waals surface area contributed by atoms with E-state index in [1.165, 1.54) is 0 Å². The van der Waals surface area contributed by atoms with E-state index in [9.17, 15) is 4.79 Å². The number of pyridine rings is 1. The van der Waals surface area contributed by atoms with Gasteiger partial charge in [-0.15, -0.1) is 0 Å². The molecule has 0 radical (unpaired) electrons. The fourth-order valence-electron chi connectivity index (χ4n) is 2.94. The average Bonchev–Trinajstić information content (AvgIpc) is 2.76. The van der Waals surface area contributed by atoms with Gasteiger partial charge in [0.25, 0.3) is 5.91 Å². The molecular formula is C23H25N3O3. The van der Waals surface area contributed by atoms with E-state index < -0.39 is 0 Å². The van der Waals surface area contributed by atoms with Crippen molar-refractivity contribution >= 4 is 11.7 Å². The molecule has 0 bridgehead atoms. The number of nitrogens with one attached hydrogen (secondary N) is 2. The van der Waals surface area contributed by atoms with Crippen LogP contribution in [-0.4, -0.2) is 25.1 Å². The standard InChI is InChI=1S/C23H25N3O3/c1-16-6-4-5-7-19(16)15-26-23(27)18-10-11-24-22(13-18)25-14-17-8-9-20(28-2)21(12-17)29-3/h4-13H,14-15H2,1-3H3,(H,24,25)(H,26,27). The van der Waals surface area contributed by atoms with Crippen LogP contribution in [0.25, 0.3) is 0 Å². The molecular weight excluding hydrogens is 366 g/mol. The molecule has 0 spiro atoms. The van der Waals surface area contributed by atoms with Crippen molar-refractivity contribution in [1.29, 1.82) is 0 Å². The summed E-state index contributed by atoms with van der Waals surface area (Å²) in [5, 5.41) is 6.20. The molecule has 1 aromatic heterocycles. The van der Waals surface area contributed by atoms with Crippen molar-refractivity contribution in [2.75, 3.05) is 19.5 Å². The lowest BCUT2D eigenvalue weighted by atomic mass is 10.1. The highest BCUT2D eigenvalue weighted by Crippen LogP contribution is 2.27. The van der Waals surface area contributed by atoms with Gasteiger partial charge in [0.1, 0.15) is 5.82 Å². The van der Waals surface area contributed by atoms with E-state index in [1.807, 2.05) is 49.4 Å². The topological polar surface area (TPSA) is 72.5 Å². The first-order valence-corrected chi connectivity index (χ1v) is 9.34. The summed E-state index contributed by atoms with van der Waals surface area (Å²) in [6.07, 6.45) is 1.62. The summed E-state index contributed by atoms with van der Waals surface area (Å²) in [5.41, 5.74) is 3.82. The Morgan fingerprint density at radius 3 is 2.52 bits per heavy atom. The normalized spacial score (nSPS) is 10.3. The Bertz CT molecular complexity index is 989. The maximum atomic E-state index is 12.5. The Balaban J connectivity index is 1.62. The quantitative estimate of drug-likeness (QED) is 0.608. The summed E-state index contributed by atoms with van der Waals surface area (Å²) >= 11 is 0. The molecule has 0 saturated carbocycles. The Morgan fingerprint density at radius 2 is 1.76 bits per heavy atom. The number of rotatable bonds is 8. The molecule has 3 aromatic rings. The number of carbonyl (C=O) groups is 1. The second kappa shape index (κ2) is 9.59. The van der Waals surface area contributed by atoms with E-state index in [1.54, 1.807) is 32.5 Å². The number of anilines is 1. The summed E-state index contributed by atoms with van der Waals surface area (Å²) in [7, 11) is 3.21. The molecule has 0 aliphatic carbocycles. The number of hydrogen-bond acceptors (Lipinski definition) is 5. The molecule has 1 amide bonds. The molecule has 6 heteroatoms. The molecule has 3 rings (SSSR count). The maximum Gasteiger partial charge on any atom is 0.251 e. The summed E-state index contributed by atoms with van der Waals surface area (Å²) < 4.78 is 10.6. The number of ether oxygens (including phenoxy) is 2. The summed E-state index contributed by atoms with van der Waals surface area (Å²) in [5.74, 6) is 1.85. The molecule has 150 valence electrons. The van der Waals surface area contributed by atoms with E-state index >= 15 is 0 Å². The molecule has 0 saturated heterocycles. The van der Waals surface area contributed by atoms with E-state index in [0.29, 0.717) is 36.0 Å². The highest BCUT2D eigenvalue weighted by atomic mass is 16.5. The second-order valence-corrected chi connectivity index (χ2v) is 6.58. The van der Waals surface area contributed by atoms with Crippen LogP contribution in [0.3, 0.4) is 0 Å². The fraction of sp³-hybridized carbons (Fsp3) is 0.217. The number of methoxy groups -OCH3 is 2. The number of benzene rings is 2. The molecule has 29 heavy (non-hydrogen) atoms. The number of aromatic nitrogens is 1. The van der Waals surface area contributed by atoms with Gasteiger partial charge in [0.15, 0.2) is 11.5 Å². The highest BCUT2D eigenvalue weighted by Gasteiger charge is 2.09. The lowest BCUT2D eigenvalue weighted by Gasteiger charge is -2.11. The highest BCUT2D eigenvalue weighted by molar-refractivity contribution is 5.94. The minimum absolute atomic E-state index is 0.134. The average molecular weight is 391 g/mol. The SMILES string of the molecule is COc1ccc(CNc2cc(C(=O)NCc3ccccc3C)ccn2)cc1OC. The van der Waals surface area contributed by atoms with Gasteiger partial charge in [-0.3, -0.25) is 4.79 Å². The first-order chi connectivity index (χ1) is 14.1. The maximum absolute atomic E-state index is 12.5. The molecule has 0 unspecified atom stereocenters. The number of nitrogens with zero attached hydrogens (tertiary/aromatic N) is 1. The molecule has 0 fully saturated rings. The van der Waals surface area contributed by atoms with Crippen LogP contribution in [0.1, 0.15) is 27.0 Å². The second-order valence-electron chi connectivity index (χ2n) is 6.58. The van der Waals surface area contributed by atoms with Gasteiger partial charge < -0.3 is 20.1 Å². The first kappa shape index (κ1) is 20.2. The van der Waals surface area contributed by atoms with Crippen LogP contribution in [-0.2, 0) is 13.1 Å². The smallest absolute Gasteiger partial charge is 0.251 e. The number of carbonyl (C=O) groups excluding carboxylic acids is 1. The van der Waals surface area contributed by atoms with Crippen LogP contribution < -0.4 is 20.1 Å². The van der Waals surface area contributed by atoms with Crippen LogP contribution in [0, 0.1) is 6.92 Å². The van der Waals surface area contributed by atoms with Gasteiger partial charge in [-0.1, -0.05) is 30.3 Å². The predicted molar refractivity (Wildman–Crippen MR) is 113 cm³/mol. The van der Waals surface area contributed by atoms with Crippen molar-refractivity contribution in [3.63, 3.8) is 0 Å². The number of aryl methyl sites for hydroxylation is 1. The van der Waals surface area contributed by atoms with Crippen LogP contribution >= 0.6 is 0 Å².